The van der Waals surface area contributed by atoms with E-state index < -0.39 is 0 Å². The van der Waals surface area contributed by atoms with Gasteiger partial charge in [-0.3, -0.25) is 4.90 Å². The van der Waals surface area contributed by atoms with Crippen LogP contribution >= 0.6 is 11.9 Å². The van der Waals surface area contributed by atoms with Gasteiger partial charge >= 0.3 is 0 Å². The number of rotatable bonds is 10. The van der Waals surface area contributed by atoms with Gasteiger partial charge in [0.05, 0.1) is 25.7 Å². The molecule has 0 saturated carbocycles. The zero-order valence-corrected chi connectivity index (χ0v) is 17.1. The smallest absolute Gasteiger partial charge is 0.146 e. The molecule has 6 nitrogen and oxygen atoms in total. The van der Waals surface area contributed by atoms with Crippen molar-refractivity contribution in [2.75, 3.05) is 32.5 Å². The highest BCUT2D eigenvalue weighted by atomic mass is 35.5. The van der Waals surface area contributed by atoms with Gasteiger partial charge < -0.3 is 14.9 Å². The first-order chi connectivity index (χ1) is 13.7. The molecule has 3 aromatic rings. The number of benzene rings is 2. The van der Waals surface area contributed by atoms with Crippen LogP contribution in [0.2, 0.25) is 0 Å². The largest absolute Gasteiger partial charge is 0.386 e. The number of halogens is 1. The minimum absolute atomic E-state index is 0.641. The molecule has 0 bridgehead atoms. The quantitative estimate of drug-likeness (QED) is 0.512. The molecule has 0 unspecified atom stereocenters. The van der Waals surface area contributed by atoms with Crippen LogP contribution < -0.4 is 14.9 Å². The topological polar surface area (TPSA) is 66.9 Å². The Balaban J connectivity index is 1.72. The van der Waals surface area contributed by atoms with E-state index >= 15 is 0 Å². The molecule has 3 rings (SSSR count). The number of hydrogen-bond acceptors (Lipinski definition) is 5. The predicted octanol–water partition coefficient (Wildman–Crippen LogP) is 2.79. The molecule has 1 aromatic heterocycles. The van der Waals surface area contributed by atoms with E-state index in [0.717, 1.165) is 48.6 Å². The van der Waals surface area contributed by atoms with Gasteiger partial charge in [-0.2, -0.15) is 0 Å². The molecule has 1 heterocycles. The molecule has 0 amide bonds. The fraction of sp³-hybridized carbons (Fsp3) is 0.333. The van der Waals surface area contributed by atoms with Gasteiger partial charge in [-0.25, -0.2) is 9.97 Å². The molecule has 0 aliphatic heterocycles. The van der Waals surface area contributed by atoms with E-state index in [1.165, 1.54) is 5.56 Å². The predicted molar refractivity (Wildman–Crippen MR) is 113 cm³/mol. The molecular formula is C21H27ClN5O+. The first kappa shape index (κ1) is 20.3. The average molecular weight is 401 g/mol. The van der Waals surface area contributed by atoms with Crippen molar-refractivity contribution in [2.24, 2.45) is 0 Å². The molecule has 0 atom stereocenters. The Kier molecular flexibility index (Phi) is 7.42. The Morgan fingerprint density at radius 3 is 2.61 bits per heavy atom. The third kappa shape index (κ3) is 5.55. The van der Waals surface area contributed by atoms with E-state index in [1.54, 1.807) is 0 Å². The van der Waals surface area contributed by atoms with Crippen LogP contribution in [0.3, 0.4) is 0 Å². The first-order valence-corrected chi connectivity index (χ1v) is 9.84. The Bertz CT molecular complexity index is 888. The lowest BCUT2D eigenvalue weighted by Crippen LogP contribution is -2.79. The van der Waals surface area contributed by atoms with E-state index in [0.29, 0.717) is 12.3 Å². The van der Waals surface area contributed by atoms with Crippen molar-refractivity contribution in [1.29, 1.82) is 0 Å². The number of nitrogens with zero attached hydrogens (tertiary/aromatic N) is 3. The molecule has 0 fully saturated rings. The maximum absolute atomic E-state index is 5.37. The van der Waals surface area contributed by atoms with Crippen LogP contribution in [0.15, 0.2) is 48.5 Å². The molecule has 2 aromatic carbocycles. The summed E-state index contributed by atoms with van der Waals surface area (Å²) in [4.78, 5) is 11.7. The highest BCUT2D eigenvalue weighted by Gasteiger charge is 2.10. The van der Waals surface area contributed by atoms with Crippen molar-refractivity contribution in [1.82, 2.24) is 14.9 Å². The summed E-state index contributed by atoms with van der Waals surface area (Å²) in [6, 6.07) is 15.9. The van der Waals surface area contributed by atoms with Gasteiger partial charge in [-0.15, -0.1) is 0 Å². The molecule has 7 heteroatoms. The van der Waals surface area contributed by atoms with Gasteiger partial charge in [0.2, 0.25) is 0 Å². The second-order valence-corrected chi connectivity index (χ2v) is 7.03. The zero-order chi connectivity index (χ0) is 19.8. The number of nitrogens with one attached hydrogen (secondary N) is 1. The zero-order valence-electron chi connectivity index (χ0n) is 16.4. The van der Waals surface area contributed by atoms with Crippen molar-refractivity contribution in [3.8, 4) is 5.75 Å². The summed E-state index contributed by atoms with van der Waals surface area (Å²) in [5, 5.41) is 6.73. The van der Waals surface area contributed by atoms with Crippen LogP contribution in [0.1, 0.15) is 17.8 Å². The van der Waals surface area contributed by atoms with E-state index in [9.17, 15) is 0 Å². The first-order valence-electron chi connectivity index (χ1n) is 9.53. The van der Waals surface area contributed by atoms with Gasteiger partial charge in [-0.05, 0) is 36.9 Å². The number of quaternary nitrogens is 1. The van der Waals surface area contributed by atoms with Crippen LogP contribution in [0, 0.1) is 0 Å². The molecule has 0 saturated heterocycles. The summed E-state index contributed by atoms with van der Waals surface area (Å²) in [7, 11) is 4.15. The molecule has 0 aliphatic carbocycles. The minimum atomic E-state index is 0.641. The van der Waals surface area contributed by atoms with Crippen molar-refractivity contribution >= 4 is 28.6 Å². The van der Waals surface area contributed by atoms with Crippen molar-refractivity contribution in [2.45, 2.75) is 19.5 Å². The summed E-state index contributed by atoms with van der Waals surface area (Å²) < 4.78 is 4.70. The third-order valence-corrected chi connectivity index (χ3v) is 4.67. The van der Waals surface area contributed by atoms with Crippen LogP contribution in [-0.4, -0.2) is 42.1 Å². The Morgan fingerprint density at radius 2 is 1.86 bits per heavy atom. The lowest BCUT2D eigenvalue weighted by atomic mass is 10.2. The van der Waals surface area contributed by atoms with E-state index in [2.05, 4.69) is 35.7 Å². The average Bonchev–Trinajstić information content (AvgIpc) is 2.71. The molecule has 0 spiro atoms. The summed E-state index contributed by atoms with van der Waals surface area (Å²) in [6.07, 6.45) is 1.09. The number of aromatic nitrogens is 2. The van der Waals surface area contributed by atoms with E-state index in [4.69, 9.17) is 26.1 Å². The summed E-state index contributed by atoms with van der Waals surface area (Å²) in [5.74, 6) is 2.36. The van der Waals surface area contributed by atoms with Gasteiger partial charge in [0.25, 0.3) is 0 Å². The summed E-state index contributed by atoms with van der Waals surface area (Å²) in [6.45, 7) is 3.44. The van der Waals surface area contributed by atoms with Crippen molar-refractivity contribution < 1.29 is 9.61 Å². The normalized spacial score (nSPS) is 11.1. The second kappa shape index (κ2) is 10.2. The molecule has 0 radical (unpaired) electrons. The minimum Gasteiger partial charge on any atom is -0.386 e. The van der Waals surface area contributed by atoms with Crippen LogP contribution in [0.5, 0.6) is 5.75 Å². The number of nitrogens with two attached hydrogens (primary N) is 1. The number of anilines is 1. The van der Waals surface area contributed by atoms with Gasteiger partial charge in [0.1, 0.15) is 29.3 Å². The monoisotopic (exact) mass is 400 g/mol. The van der Waals surface area contributed by atoms with Crippen LogP contribution in [0.25, 0.3) is 10.9 Å². The standard InChI is InChI=1S/C21H26ClN5O/c1-23-12-5-13-24-21-18-6-3-4-7-19(18)25-20(26-21)15-27(2)14-16-8-10-17(28-22)11-9-16/h3-4,6-11,23H,5,12-15H2,1-2H3,(H,24,25,26)/p+1. The van der Waals surface area contributed by atoms with E-state index in [-0.39, 0.29) is 0 Å². The highest BCUT2D eigenvalue weighted by molar-refractivity contribution is 6.09. The SMILES string of the molecule is C[NH2+]CCCNc1nc(CN(C)Cc2ccc(OCl)cc2)nc2ccccc12. The van der Waals surface area contributed by atoms with Gasteiger partial charge in [-0.1, -0.05) is 24.3 Å². The maximum Gasteiger partial charge on any atom is 0.146 e. The molecule has 28 heavy (non-hydrogen) atoms. The van der Waals surface area contributed by atoms with E-state index in [1.807, 2.05) is 42.5 Å². The Morgan fingerprint density at radius 1 is 1.07 bits per heavy atom. The summed E-state index contributed by atoms with van der Waals surface area (Å²) >= 11 is 5.37. The van der Waals surface area contributed by atoms with Gasteiger partial charge in [0, 0.05) is 24.9 Å². The number of para-hydroxylation sites is 1. The van der Waals surface area contributed by atoms with Crippen molar-refractivity contribution in [3.05, 3.63) is 59.9 Å². The molecule has 3 N–H and O–H groups in total. The molecule has 0 aliphatic rings. The highest BCUT2D eigenvalue weighted by Crippen LogP contribution is 2.21. The summed E-state index contributed by atoms with van der Waals surface area (Å²) in [5.41, 5.74) is 2.14. The van der Waals surface area contributed by atoms with Crippen LogP contribution in [-0.2, 0) is 13.1 Å². The van der Waals surface area contributed by atoms with Crippen molar-refractivity contribution in [3.63, 3.8) is 0 Å². The maximum atomic E-state index is 5.37. The number of fused-ring (bicyclic) bond motifs is 1. The van der Waals surface area contributed by atoms with Crippen LogP contribution in [0.4, 0.5) is 5.82 Å². The lowest BCUT2D eigenvalue weighted by Gasteiger charge is -2.17. The fourth-order valence-corrected chi connectivity index (χ4v) is 3.20. The number of hydrogen-bond donors (Lipinski definition) is 2. The van der Waals surface area contributed by atoms with Gasteiger partial charge in [0.15, 0.2) is 0 Å². The lowest BCUT2D eigenvalue weighted by molar-refractivity contribution is -0.626. The molecular weight excluding hydrogens is 374 g/mol. The fourth-order valence-electron chi connectivity index (χ4n) is 3.10. The second-order valence-electron chi connectivity index (χ2n) is 6.88. The third-order valence-electron chi connectivity index (χ3n) is 4.49. The molecule has 148 valence electrons. The Labute approximate surface area is 171 Å². The Hall–Kier alpha value is -2.41.